The molecule has 0 fully saturated rings. The number of benzene rings is 1. The fraction of sp³-hybridized carbons (Fsp3) is 0.111. The lowest BCUT2D eigenvalue weighted by molar-refractivity contribution is 0.465. The van der Waals surface area contributed by atoms with E-state index in [9.17, 15) is 5.11 Å². The van der Waals surface area contributed by atoms with Crippen LogP contribution in [0.2, 0.25) is 0 Å². The number of hydrogen-bond acceptors (Lipinski definition) is 2. The van der Waals surface area contributed by atoms with E-state index in [1.165, 1.54) is 0 Å². The Labute approximate surface area is 79.8 Å². The van der Waals surface area contributed by atoms with Crippen LogP contribution in [0.5, 0.6) is 5.75 Å². The van der Waals surface area contributed by atoms with Crippen LogP contribution in [0.15, 0.2) is 35.3 Å². The predicted octanol–water partition coefficient (Wildman–Crippen LogP) is 2.34. The second-order valence-corrected chi connectivity index (χ2v) is 3.38. The molecule has 0 bridgehead atoms. The minimum absolute atomic E-state index is 0.191. The molecule has 1 rings (SSSR count). The van der Waals surface area contributed by atoms with E-state index in [0.717, 1.165) is 4.47 Å². The number of nitrogens with two attached hydrogens (primary N) is 1. The third-order valence-corrected chi connectivity index (χ3v) is 2.10. The lowest BCUT2D eigenvalue weighted by Crippen LogP contribution is -2.06. The predicted molar refractivity (Wildman–Crippen MR) is 52.9 cm³/mol. The van der Waals surface area contributed by atoms with E-state index in [-0.39, 0.29) is 11.8 Å². The van der Waals surface area contributed by atoms with Gasteiger partial charge in [-0.2, -0.15) is 0 Å². The van der Waals surface area contributed by atoms with Crippen molar-refractivity contribution < 1.29 is 5.11 Å². The van der Waals surface area contributed by atoms with Gasteiger partial charge in [-0.1, -0.05) is 28.1 Å². The molecule has 0 amide bonds. The van der Waals surface area contributed by atoms with Crippen molar-refractivity contribution in [3.05, 3.63) is 40.9 Å². The molecule has 0 aliphatic carbocycles. The van der Waals surface area contributed by atoms with E-state index >= 15 is 0 Å². The summed E-state index contributed by atoms with van der Waals surface area (Å²) in [5.74, 6) is 0.191. The van der Waals surface area contributed by atoms with Crippen LogP contribution in [0.25, 0.3) is 0 Å². The fourth-order valence-corrected chi connectivity index (χ4v) is 1.27. The second kappa shape index (κ2) is 3.74. The molecule has 0 heterocycles. The summed E-state index contributed by atoms with van der Waals surface area (Å²) in [5, 5.41) is 9.44. The van der Waals surface area contributed by atoms with Gasteiger partial charge in [-0.3, -0.25) is 0 Å². The first kappa shape index (κ1) is 9.29. The summed E-state index contributed by atoms with van der Waals surface area (Å²) in [6.07, 6.45) is 1.59. The van der Waals surface area contributed by atoms with Gasteiger partial charge in [-0.15, -0.1) is 6.58 Å². The third-order valence-electron chi connectivity index (χ3n) is 1.61. The van der Waals surface area contributed by atoms with E-state index in [1.54, 1.807) is 18.2 Å². The zero-order chi connectivity index (χ0) is 9.14. The maximum atomic E-state index is 9.44. The highest BCUT2D eigenvalue weighted by Gasteiger charge is 2.06. The minimum Gasteiger partial charge on any atom is -0.508 e. The molecule has 3 heteroatoms. The summed E-state index contributed by atoms with van der Waals surface area (Å²) in [6.45, 7) is 3.55. The van der Waals surface area contributed by atoms with Gasteiger partial charge in [-0.25, -0.2) is 0 Å². The van der Waals surface area contributed by atoms with E-state index in [4.69, 9.17) is 5.73 Å². The Morgan fingerprint density at radius 1 is 1.58 bits per heavy atom. The molecular weight excluding hydrogens is 218 g/mol. The molecule has 0 spiro atoms. The number of phenolic OH excluding ortho intramolecular Hbond substituents is 1. The number of halogens is 1. The van der Waals surface area contributed by atoms with Gasteiger partial charge in [0.25, 0.3) is 0 Å². The molecule has 0 aliphatic heterocycles. The monoisotopic (exact) mass is 227 g/mol. The average molecular weight is 228 g/mol. The molecule has 0 saturated carbocycles. The van der Waals surface area contributed by atoms with E-state index < -0.39 is 0 Å². The number of phenols is 1. The Bertz CT molecular complexity index is 299. The van der Waals surface area contributed by atoms with E-state index in [2.05, 4.69) is 22.5 Å². The van der Waals surface area contributed by atoms with Gasteiger partial charge in [0.15, 0.2) is 0 Å². The lowest BCUT2D eigenvalue weighted by Gasteiger charge is -2.08. The molecule has 1 aromatic rings. The van der Waals surface area contributed by atoms with Crippen molar-refractivity contribution >= 4 is 15.9 Å². The highest BCUT2D eigenvalue weighted by molar-refractivity contribution is 9.10. The molecule has 0 unspecified atom stereocenters. The quantitative estimate of drug-likeness (QED) is 0.763. The second-order valence-electron chi connectivity index (χ2n) is 2.46. The van der Waals surface area contributed by atoms with E-state index in [1.807, 2.05) is 6.07 Å². The minimum atomic E-state index is -0.307. The summed E-state index contributed by atoms with van der Waals surface area (Å²) >= 11 is 3.24. The summed E-state index contributed by atoms with van der Waals surface area (Å²) in [5.41, 5.74) is 6.34. The molecule has 0 aromatic heterocycles. The Kier molecular flexibility index (Phi) is 2.89. The van der Waals surface area contributed by atoms with Gasteiger partial charge in [0.1, 0.15) is 5.75 Å². The average Bonchev–Trinajstić information content (AvgIpc) is 2.03. The van der Waals surface area contributed by atoms with Crippen molar-refractivity contribution in [2.75, 3.05) is 0 Å². The standard InChI is InChI=1S/C9H10BrNO/c1-2-8(11)7-4-3-6(10)5-9(7)12/h2-5,8,12H,1,11H2/t8-/m1/s1. The Balaban J connectivity index is 3.09. The van der Waals surface area contributed by atoms with Crippen molar-refractivity contribution in [2.45, 2.75) is 6.04 Å². The first-order valence-electron chi connectivity index (χ1n) is 3.51. The van der Waals surface area contributed by atoms with Crippen LogP contribution < -0.4 is 5.73 Å². The van der Waals surface area contributed by atoms with Crippen LogP contribution in [0.4, 0.5) is 0 Å². The van der Waals surface area contributed by atoms with Gasteiger partial charge in [-0.05, 0) is 12.1 Å². The van der Waals surface area contributed by atoms with Gasteiger partial charge in [0, 0.05) is 10.0 Å². The van der Waals surface area contributed by atoms with Crippen LogP contribution >= 0.6 is 15.9 Å². The molecule has 0 aliphatic rings. The molecule has 1 atom stereocenters. The third kappa shape index (κ3) is 1.87. The fourth-order valence-electron chi connectivity index (χ4n) is 0.926. The first-order valence-corrected chi connectivity index (χ1v) is 4.31. The molecule has 3 N–H and O–H groups in total. The van der Waals surface area contributed by atoms with E-state index in [0.29, 0.717) is 5.56 Å². The van der Waals surface area contributed by atoms with Crippen molar-refractivity contribution in [3.63, 3.8) is 0 Å². The molecular formula is C9H10BrNO. The summed E-state index contributed by atoms with van der Waals surface area (Å²) in [4.78, 5) is 0. The molecule has 0 radical (unpaired) electrons. The normalized spacial score (nSPS) is 12.5. The van der Waals surface area contributed by atoms with Gasteiger partial charge >= 0.3 is 0 Å². The van der Waals surface area contributed by atoms with Crippen molar-refractivity contribution in [1.82, 2.24) is 0 Å². The molecule has 64 valence electrons. The van der Waals surface area contributed by atoms with Crippen molar-refractivity contribution in [3.8, 4) is 5.75 Å². The maximum Gasteiger partial charge on any atom is 0.121 e. The summed E-state index contributed by atoms with van der Waals surface area (Å²) < 4.78 is 0.833. The van der Waals surface area contributed by atoms with Crippen molar-refractivity contribution in [2.24, 2.45) is 5.73 Å². The van der Waals surface area contributed by atoms with Gasteiger partial charge in [0.05, 0.1) is 6.04 Å². The molecule has 12 heavy (non-hydrogen) atoms. The van der Waals surface area contributed by atoms with Crippen LogP contribution in [0.3, 0.4) is 0 Å². The number of hydrogen-bond donors (Lipinski definition) is 2. The van der Waals surface area contributed by atoms with Crippen LogP contribution in [0.1, 0.15) is 11.6 Å². The summed E-state index contributed by atoms with van der Waals surface area (Å²) in [6, 6.07) is 4.90. The highest BCUT2D eigenvalue weighted by atomic mass is 79.9. The Morgan fingerprint density at radius 2 is 2.25 bits per heavy atom. The SMILES string of the molecule is C=C[C@@H](N)c1ccc(Br)cc1O. The molecule has 1 aromatic carbocycles. The van der Waals surface area contributed by atoms with Crippen LogP contribution in [-0.4, -0.2) is 5.11 Å². The molecule has 0 saturated heterocycles. The Morgan fingerprint density at radius 3 is 2.75 bits per heavy atom. The lowest BCUT2D eigenvalue weighted by atomic mass is 10.1. The number of rotatable bonds is 2. The van der Waals surface area contributed by atoms with Gasteiger partial charge < -0.3 is 10.8 Å². The molecule has 2 nitrogen and oxygen atoms in total. The summed E-state index contributed by atoms with van der Waals surface area (Å²) in [7, 11) is 0. The van der Waals surface area contributed by atoms with Crippen molar-refractivity contribution in [1.29, 1.82) is 0 Å². The van der Waals surface area contributed by atoms with Crippen LogP contribution in [0, 0.1) is 0 Å². The first-order chi connectivity index (χ1) is 5.65. The van der Waals surface area contributed by atoms with Gasteiger partial charge in [0.2, 0.25) is 0 Å². The maximum absolute atomic E-state index is 9.44. The highest BCUT2D eigenvalue weighted by Crippen LogP contribution is 2.26. The Hall–Kier alpha value is -0.800. The topological polar surface area (TPSA) is 46.2 Å². The number of aromatic hydroxyl groups is 1. The zero-order valence-electron chi connectivity index (χ0n) is 6.50. The largest absolute Gasteiger partial charge is 0.508 e. The van der Waals surface area contributed by atoms with Crippen LogP contribution in [-0.2, 0) is 0 Å². The smallest absolute Gasteiger partial charge is 0.121 e. The zero-order valence-corrected chi connectivity index (χ0v) is 8.08.